The van der Waals surface area contributed by atoms with E-state index >= 15 is 0 Å². The SMILES string of the molecule is CC[C@H]1O[C@@H](c2c[nH]c(=O)[nH]c2=O)[C@@H](OC(C)=O)C1C. The molecule has 2 heterocycles. The van der Waals surface area contributed by atoms with Gasteiger partial charge in [0.2, 0.25) is 0 Å². The van der Waals surface area contributed by atoms with Crippen molar-refractivity contribution in [2.24, 2.45) is 5.92 Å². The predicted molar refractivity (Wildman–Crippen MR) is 70.3 cm³/mol. The monoisotopic (exact) mass is 282 g/mol. The number of ether oxygens (including phenoxy) is 2. The zero-order valence-corrected chi connectivity index (χ0v) is 11.6. The van der Waals surface area contributed by atoms with Crippen LogP contribution in [0.25, 0.3) is 0 Å². The lowest BCUT2D eigenvalue weighted by molar-refractivity contribution is -0.150. The van der Waals surface area contributed by atoms with Gasteiger partial charge in [-0.2, -0.15) is 0 Å². The standard InChI is InChI=1S/C13H18N2O5/c1-4-9-6(2)10(19-7(3)16)11(20-9)8-5-14-13(18)15-12(8)17/h5-6,9-11H,4H2,1-3H3,(H2,14,15,17,18)/t6?,9-,10+,11+/m1/s1. The second-order valence-corrected chi connectivity index (χ2v) is 4.96. The van der Waals surface area contributed by atoms with E-state index in [2.05, 4.69) is 9.97 Å². The Morgan fingerprint density at radius 1 is 1.45 bits per heavy atom. The molecule has 1 saturated heterocycles. The van der Waals surface area contributed by atoms with Gasteiger partial charge >= 0.3 is 11.7 Å². The second kappa shape index (κ2) is 5.62. The smallest absolute Gasteiger partial charge is 0.325 e. The number of nitrogens with one attached hydrogen (secondary N) is 2. The highest BCUT2D eigenvalue weighted by molar-refractivity contribution is 5.66. The molecule has 1 unspecified atom stereocenters. The maximum Gasteiger partial charge on any atom is 0.325 e. The summed E-state index contributed by atoms with van der Waals surface area (Å²) in [5, 5.41) is 0. The van der Waals surface area contributed by atoms with Gasteiger partial charge in [-0.25, -0.2) is 4.79 Å². The number of carbonyl (C=O) groups is 1. The molecule has 0 saturated carbocycles. The van der Waals surface area contributed by atoms with Crippen LogP contribution in [0.5, 0.6) is 0 Å². The minimum absolute atomic E-state index is 0.0276. The summed E-state index contributed by atoms with van der Waals surface area (Å²) in [6, 6.07) is 0. The summed E-state index contributed by atoms with van der Waals surface area (Å²) in [7, 11) is 0. The Morgan fingerprint density at radius 2 is 2.15 bits per heavy atom. The number of aromatic nitrogens is 2. The molecule has 4 atom stereocenters. The fourth-order valence-corrected chi connectivity index (χ4v) is 2.59. The van der Waals surface area contributed by atoms with Gasteiger partial charge in [-0.05, 0) is 6.42 Å². The summed E-state index contributed by atoms with van der Waals surface area (Å²) in [5.74, 6) is -0.451. The van der Waals surface area contributed by atoms with Crippen molar-refractivity contribution in [2.75, 3.05) is 0 Å². The Morgan fingerprint density at radius 3 is 2.70 bits per heavy atom. The van der Waals surface area contributed by atoms with E-state index in [1.807, 2.05) is 13.8 Å². The van der Waals surface area contributed by atoms with Crippen LogP contribution in [0, 0.1) is 5.92 Å². The molecule has 110 valence electrons. The molecular formula is C13H18N2O5. The molecule has 0 bridgehead atoms. The Kier molecular flexibility index (Phi) is 4.08. The first-order valence-electron chi connectivity index (χ1n) is 6.58. The number of hydrogen-bond donors (Lipinski definition) is 2. The van der Waals surface area contributed by atoms with Crippen molar-refractivity contribution in [3.8, 4) is 0 Å². The van der Waals surface area contributed by atoms with Crippen LogP contribution in [0.1, 0.15) is 38.9 Å². The van der Waals surface area contributed by atoms with Gasteiger partial charge in [0.05, 0.1) is 11.7 Å². The first-order valence-corrected chi connectivity index (χ1v) is 6.58. The quantitative estimate of drug-likeness (QED) is 0.785. The van der Waals surface area contributed by atoms with Gasteiger partial charge in [-0.1, -0.05) is 13.8 Å². The summed E-state index contributed by atoms with van der Waals surface area (Å²) >= 11 is 0. The first-order chi connectivity index (χ1) is 9.43. The highest BCUT2D eigenvalue weighted by atomic mass is 16.6. The average Bonchev–Trinajstić information content (AvgIpc) is 2.66. The molecule has 0 amide bonds. The minimum atomic E-state index is -0.667. The fourth-order valence-electron chi connectivity index (χ4n) is 2.59. The molecule has 7 heteroatoms. The molecule has 1 aromatic rings. The zero-order valence-electron chi connectivity index (χ0n) is 11.6. The molecule has 2 rings (SSSR count). The Bertz CT molecular complexity index is 605. The van der Waals surface area contributed by atoms with Gasteiger partial charge in [0.25, 0.3) is 5.56 Å². The van der Waals surface area contributed by atoms with Crippen LogP contribution in [0.3, 0.4) is 0 Å². The number of hydrogen-bond acceptors (Lipinski definition) is 5. The Hall–Kier alpha value is -1.89. The van der Waals surface area contributed by atoms with Gasteiger partial charge in [-0.3, -0.25) is 14.6 Å². The molecule has 1 fully saturated rings. The van der Waals surface area contributed by atoms with Gasteiger partial charge in [0, 0.05) is 19.0 Å². The third-order valence-electron chi connectivity index (χ3n) is 3.58. The number of rotatable bonds is 3. The van der Waals surface area contributed by atoms with Gasteiger partial charge in [0.15, 0.2) is 0 Å². The predicted octanol–water partition coefficient (Wildman–Crippen LogP) is 0.481. The van der Waals surface area contributed by atoms with Crippen LogP contribution in [0.4, 0.5) is 0 Å². The van der Waals surface area contributed by atoms with Gasteiger partial charge in [0.1, 0.15) is 12.2 Å². The molecule has 0 spiro atoms. The van der Waals surface area contributed by atoms with Crippen molar-refractivity contribution in [2.45, 2.75) is 45.5 Å². The Labute approximate surface area is 115 Å². The summed E-state index contributed by atoms with van der Waals surface area (Å²) in [5.41, 5.74) is -0.848. The lowest BCUT2D eigenvalue weighted by Gasteiger charge is -2.20. The van der Waals surface area contributed by atoms with E-state index in [1.165, 1.54) is 13.1 Å². The lowest BCUT2D eigenvalue weighted by Crippen LogP contribution is -2.32. The maximum atomic E-state index is 11.9. The molecule has 0 aliphatic carbocycles. The summed E-state index contributed by atoms with van der Waals surface area (Å²) in [6.45, 7) is 5.20. The van der Waals surface area contributed by atoms with E-state index in [0.29, 0.717) is 0 Å². The molecule has 1 aromatic heterocycles. The lowest BCUT2D eigenvalue weighted by atomic mass is 9.94. The zero-order chi connectivity index (χ0) is 14.9. The number of esters is 1. The van der Waals surface area contributed by atoms with E-state index < -0.39 is 29.4 Å². The first kappa shape index (κ1) is 14.5. The van der Waals surface area contributed by atoms with Crippen molar-refractivity contribution in [3.63, 3.8) is 0 Å². The topological polar surface area (TPSA) is 101 Å². The van der Waals surface area contributed by atoms with Crippen molar-refractivity contribution < 1.29 is 14.3 Å². The van der Waals surface area contributed by atoms with Crippen LogP contribution >= 0.6 is 0 Å². The van der Waals surface area contributed by atoms with Gasteiger partial charge < -0.3 is 14.5 Å². The van der Waals surface area contributed by atoms with Crippen LogP contribution < -0.4 is 11.2 Å². The molecule has 0 radical (unpaired) electrons. The Balaban J connectivity index is 2.39. The molecule has 0 aromatic carbocycles. The molecule has 1 aliphatic heterocycles. The normalized spacial score (nSPS) is 29.4. The van der Waals surface area contributed by atoms with Crippen LogP contribution in [0.15, 0.2) is 15.8 Å². The van der Waals surface area contributed by atoms with E-state index in [-0.39, 0.29) is 17.6 Å². The van der Waals surface area contributed by atoms with Crippen LogP contribution in [0.2, 0.25) is 0 Å². The largest absolute Gasteiger partial charge is 0.459 e. The number of H-pyrrole nitrogens is 2. The highest BCUT2D eigenvalue weighted by Gasteiger charge is 2.45. The molecule has 7 nitrogen and oxygen atoms in total. The molecule has 1 aliphatic rings. The summed E-state index contributed by atoms with van der Waals surface area (Å²) in [6.07, 6.45) is 0.753. The third-order valence-corrected chi connectivity index (χ3v) is 3.58. The van der Waals surface area contributed by atoms with E-state index in [9.17, 15) is 14.4 Å². The second-order valence-electron chi connectivity index (χ2n) is 4.96. The van der Waals surface area contributed by atoms with Crippen molar-refractivity contribution >= 4 is 5.97 Å². The van der Waals surface area contributed by atoms with Crippen molar-refractivity contribution in [1.82, 2.24) is 9.97 Å². The van der Waals surface area contributed by atoms with E-state index in [0.717, 1.165) is 6.42 Å². The fraction of sp³-hybridized carbons (Fsp3) is 0.615. The number of carbonyl (C=O) groups excluding carboxylic acids is 1. The van der Waals surface area contributed by atoms with E-state index in [1.54, 1.807) is 0 Å². The van der Waals surface area contributed by atoms with Crippen LogP contribution in [-0.2, 0) is 14.3 Å². The van der Waals surface area contributed by atoms with Crippen LogP contribution in [-0.4, -0.2) is 28.1 Å². The average molecular weight is 282 g/mol. The summed E-state index contributed by atoms with van der Waals surface area (Å²) < 4.78 is 11.1. The molecule has 20 heavy (non-hydrogen) atoms. The third kappa shape index (κ3) is 2.67. The van der Waals surface area contributed by atoms with Crippen molar-refractivity contribution in [3.05, 3.63) is 32.6 Å². The highest BCUT2D eigenvalue weighted by Crippen LogP contribution is 2.39. The summed E-state index contributed by atoms with van der Waals surface area (Å²) in [4.78, 5) is 38.7. The molecular weight excluding hydrogens is 264 g/mol. The van der Waals surface area contributed by atoms with Gasteiger partial charge in [-0.15, -0.1) is 0 Å². The minimum Gasteiger partial charge on any atom is -0.459 e. The maximum absolute atomic E-state index is 11.9. The molecule has 2 N–H and O–H groups in total. The van der Waals surface area contributed by atoms with E-state index in [4.69, 9.17) is 9.47 Å². The van der Waals surface area contributed by atoms with Crippen molar-refractivity contribution in [1.29, 1.82) is 0 Å². The number of aromatic amines is 2.